The molecule has 0 saturated heterocycles. The Morgan fingerprint density at radius 1 is 1.48 bits per heavy atom. The second-order valence-corrected chi connectivity index (χ2v) is 5.74. The summed E-state index contributed by atoms with van der Waals surface area (Å²) < 4.78 is 5.11. The van der Waals surface area contributed by atoms with Crippen molar-refractivity contribution in [1.29, 1.82) is 0 Å². The topological polar surface area (TPSA) is 92.6 Å². The molecule has 0 bridgehead atoms. The van der Waals surface area contributed by atoms with Crippen LogP contribution in [0, 0.1) is 19.8 Å². The summed E-state index contributed by atoms with van der Waals surface area (Å²) in [4.78, 5) is 14.1. The van der Waals surface area contributed by atoms with E-state index in [0.717, 1.165) is 23.4 Å². The minimum atomic E-state index is -0.579. The summed E-state index contributed by atoms with van der Waals surface area (Å²) in [5.41, 5.74) is 7.54. The fourth-order valence-electron chi connectivity index (χ4n) is 2.75. The number of carbonyl (C=O) groups is 1. The first-order valence-corrected chi connectivity index (χ1v) is 7.00. The normalized spacial score (nSPS) is 25.3. The van der Waals surface area contributed by atoms with Gasteiger partial charge in [0.05, 0.1) is 18.3 Å². The number of carbonyl (C=O) groups excluding carboxylic acids is 1. The second kappa shape index (κ2) is 7.24. The van der Waals surface area contributed by atoms with Gasteiger partial charge in [-0.2, -0.15) is 0 Å². The molecule has 3 N–H and O–H groups in total. The molecule has 1 aliphatic carbocycles. The summed E-state index contributed by atoms with van der Waals surface area (Å²) in [5.74, 6) is 0.652. The summed E-state index contributed by atoms with van der Waals surface area (Å²) in [5, 5.41) is 13.7. The number of aryl methyl sites for hydroxylation is 2. The molecule has 0 spiro atoms. The summed E-state index contributed by atoms with van der Waals surface area (Å²) in [6, 6.07) is -0.202. The van der Waals surface area contributed by atoms with Crippen LogP contribution in [-0.2, 0) is 11.3 Å². The number of rotatable bonds is 3. The SMILES string of the molecule is Cc1noc(C)c1CN(C)C(=O)[C@H]1CC[C@H](N)[C@@H](O)C1.Cl. The van der Waals surface area contributed by atoms with E-state index in [1.807, 2.05) is 13.8 Å². The van der Waals surface area contributed by atoms with Crippen molar-refractivity contribution >= 4 is 18.3 Å². The van der Waals surface area contributed by atoms with E-state index in [-0.39, 0.29) is 30.3 Å². The molecule has 2 rings (SSSR count). The molecule has 0 radical (unpaired) electrons. The number of amides is 1. The van der Waals surface area contributed by atoms with E-state index in [9.17, 15) is 9.90 Å². The van der Waals surface area contributed by atoms with Crippen LogP contribution in [0.1, 0.15) is 36.3 Å². The van der Waals surface area contributed by atoms with Crippen molar-refractivity contribution < 1.29 is 14.4 Å². The average Bonchev–Trinajstić information content (AvgIpc) is 2.72. The molecule has 120 valence electrons. The Kier molecular flexibility index (Phi) is 6.19. The van der Waals surface area contributed by atoms with Crippen LogP contribution in [-0.4, -0.2) is 40.3 Å². The minimum Gasteiger partial charge on any atom is -0.391 e. The van der Waals surface area contributed by atoms with Gasteiger partial charge in [-0.3, -0.25) is 4.79 Å². The summed E-state index contributed by atoms with van der Waals surface area (Å²) >= 11 is 0. The first-order valence-electron chi connectivity index (χ1n) is 7.00. The zero-order valence-electron chi connectivity index (χ0n) is 12.7. The molecule has 1 heterocycles. The molecule has 1 aromatic heterocycles. The van der Waals surface area contributed by atoms with Gasteiger partial charge in [-0.25, -0.2) is 0 Å². The van der Waals surface area contributed by atoms with Gasteiger partial charge in [-0.15, -0.1) is 12.4 Å². The van der Waals surface area contributed by atoms with Gasteiger partial charge in [0, 0.05) is 24.6 Å². The van der Waals surface area contributed by atoms with Crippen LogP contribution in [0.4, 0.5) is 0 Å². The lowest BCUT2D eigenvalue weighted by atomic mass is 9.83. The molecule has 1 saturated carbocycles. The van der Waals surface area contributed by atoms with Gasteiger partial charge in [0.25, 0.3) is 0 Å². The molecule has 7 heteroatoms. The van der Waals surface area contributed by atoms with E-state index in [0.29, 0.717) is 19.4 Å². The van der Waals surface area contributed by atoms with Crippen LogP contribution in [0.15, 0.2) is 4.52 Å². The van der Waals surface area contributed by atoms with Gasteiger partial charge < -0.3 is 20.3 Å². The van der Waals surface area contributed by atoms with Gasteiger partial charge >= 0.3 is 0 Å². The van der Waals surface area contributed by atoms with Crippen molar-refractivity contribution in [2.24, 2.45) is 11.7 Å². The van der Waals surface area contributed by atoms with Crippen molar-refractivity contribution in [3.8, 4) is 0 Å². The highest BCUT2D eigenvalue weighted by atomic mass is 35.5. The van der Waals surface area contributed by atoms with Crippen LogP contribution in [0.3, 0.4) is 0 Å². The highest BCUT2D eigenvalue weighted by molar-refractivity contribution is 5.85. The largest absolute Gasteiger partial charge is 0.391 e. The number of nitrogens with two attached hydrogens (primary N) is 1. The van der Waals surface area contributed by atoms with Gasteiger partial charge in [0.2, 0.25) is 5.91 Å². The number of aliphatic hydroxyl groups excluding tert-OH is 1. The van der Waals surface area contributed by atoms with Crippen molar-refractivity contribution in [1.82, 2.24) is 10.1 Å². The Bertz CT molecular complexity index is 472. The first kappa shape index (κ1) is 17.9. The molecule has 1 amide bonds. The molecule has 1 aliphatic rings. The second-order valence-electron chi connectivity index (χ2n) is 5.74. The van der Waals surface area contributed by atoms with E-state index in [1.54, 1.807) is 11.9 Å². The van der Waals surface area contributed by atoms with Gasteiger partial charge in [0.15, 0.2) is 0 Å². The zero-order chi connectivity index (χ0) is 14.9. The first-order chi connectivity index (χ1) is 9.40. The van der Waals surface area contributed by atoms with Crippen molar-refractivity contribution in [2.45, 2.75) is 51.8 Å². The monoisotopic (exact) mass is 317 g/mol. The Hall–Kier alpha value is -1.11. The highest BCUT2D eigenvalue weighted by Crippen LogP contribution is 2.26. The number of aliphatic hydroxyl groups is 1. The quantitative estimate of drug-likeness (QED) is 0.872. The standard InChI is InChI=1S/C14H23N3O3.ClH/c1-8-11(9(2)20-16-8)7-17(3)14(19)10-4-5-12(15)13(18)6-10;/h10,12-13,18H,4-7,15H2,1-3H3;1H/t10-,12-,13-;/m0./s1. The third-order valence-electron chi connectivity index (χ3n) is 4.17. The molecule has 0 aliphatic heterocycles. The number of hydrogen-bond acceptors (Lipinski definition) is 5. The van der Waals surface area contributed by atoms with E-state index >= 15 is 0 Å². The highest BCUT2D eigenvalue weighted by Gasteiger charge is 2.32. The van der Waals surface area contributed by atoms with Gasteiger partial charge in [-0.05, 0) is 33.1 Å². The Morgan fingerprint density at radius 2 is 2.14 bits per heavy atom. The van der Waals surface area contributed by atoms with Crippen molar-refractivity contribution in [3.05, 3.63) is 17.0 Å². The average molecular weight is 318 g/mol. The molecular weight excluding hydrogens is 294 g/mol. The summed E-state index contributed by atoms with van der Waals surface area (Å²) in [7, 11) is 1.77. The molecule has 0 aromatic carbocycles. The van der Waals surface area contributed by atoms with E-state index in [1.165, 1.54) is 0 Å². The van der Waals surface area contributed by atoms with E-state index in [4.69, 9.17) is 10.3 Å². The number of aromatic nitrogens is 1. The number of nitrogens with zero attached hydrogens (tertiary/aromatic N) is 2. The fraction of sp³-hybridized carbons (Fsp3) is 0.714. The molecule has 21 heavy (non-hydrogen) atoms. The maximum atomic E-state index is 12.4. The number of hydrogen-bond donors (Lipinski definition) is 2. The van der Waals surface area contributed by atoms with Gasteiger partial charge in [-0.1, -0.05) is 5.16 Å². The molecule has 3 atom stereocenters. The molecule has 1 aromatic rings. The lowest BCUT2D eigenvalue weighted by Crippen LogP contribution is -2.44. The minimum absolute atomic E-state index is 0. The lowest BCUT2D eigenvalue weighted by Gasteiger charge is -2.32. The number of halogens is 1. The van der Waals surface area contributed by atoms with Gasteiger partial charge in [0.1, 0.15) is 5.76 Å². The predicted octanol–water partition coefficient (Wildman–Crippen LogP) is 1.16. The van der Waals surface area contributed by atoms with Crippen molar-refractivity contribution in [2.75, 3.05) is 7.05 Å². The summed E-state index contributed by atoms with van der Waals surface area (Å²) in [6.07, 6.45) is 1.30. The predicted molar refractivity (Wildman–Crippen MR) is 81.0 cm³/mol. The van der Waals surface area contributed by atoms with E-state index < -0.39 is 6.10 Å². The fourth-order valence-corrected chi connectivity index (χ4v) is 2.75. The zero-order valence-corrected chi connectivity index (χ0v) is 13.5. The Labute approximate surface area is 131 Å². The molecular formula is C14H24ClN3O3. The third kappa shape index (κ3) is 3.96. The third-order valence-corrected chi connectivity index (χ3v) is 4.17. The van der Waals surface area contributed by atoms with Crippen LogP contribution in [0.5, 0.6) is 0 Å². The Morgan fingerprint density at radius 3 is 2.67 bits per heavy atom. The lowest BCUT2D eigenvalue weighted by molar-refractivity contribution is -0.137. The van der Waals surface area contributed by atoms with Crippen molar-refractivity contribution in [3.63, 3.8) is 0 Å². The molecule has 1 fully saturated rings. The van der Waals surface area contributed by atoms with Crippen LogP contribution < -0.4 is 5.73 Å². The Balaban J connectivity index is 0.00000220. The maximum absolute atomic E-state index is 12.4. The van der Waals surface area contributed by atoms with E-state index in [2.05, 4.69) is 5.16 Å². The summed E-state index contributed by atoms with van der Waals surface area (Å²) in [6.45, 7) is 4.20. The molecule has 6 nitrogen and oxygen atoms in total. The molecule has 0 unspecified atom stereocenters. The smallest absolute Gasteiger partial charge is 0.225 e. The maximum Gasteiger partial charge on any atom is 0.225 e. The van der Waals surface area contributed by atoms with Crippen LogP contribution >= 0.6 is 12.4 Å². The van der Waals surface area contributed by atoms with Crippen LogP contribution in [0.25, 0.3) is 0 Å². The van der Waals surface area contributed by atoms with Crippen LogP contribution in [0.2, 0.25) is 0 Å².